The normalized spacial score (nSPS) is 24.4. The fraction of sp³-hybridized carbons (Fsp3) is 0.941. The standard InChI is InChI=1S/C17H34N2O/c1-5-9-12-14(8-4)13-19-16(11-7-3)18-15(10-6-2)17(19)20/h14-16,18H,5-13H2,1-4H3. The second-order valence-electron chi connectivity index (χ2n) is 6.22. The molecule has 1 saturated heterocycles. The van der Waals surface area contributed by atoms with E-state index in [0.717, 1.165) is 32.2 Å². The third-order valence-corrected chi connectivity index (χ3v) is 4.49. The summed E-state index contributed by atoms with van der Waals surface area (Å²) in [6.45, 7) is 9.81. The van der Waals surface area contributed by atoms with Crippen LogP contribution in [0.25, 0.3) is 0 Å². The van der Waals surface area contributed by atoms with Crippen molar-refractivity contribution in [1.82, 2.24) is 10.2 Å². The Labute approximate surface area is 125 Å². The van der Waals surface area contributed by atoms with Crippen molar-refractivity contribution in [3.05, 3.63) is 0 Å². The summed E-state index contributed by atoms with van der Waals surface area (Å²) >= 11 is 0. The zero-order valence-corrected chi connectivity index (χ0v) is 14.0. The maximum absolute atomic E-state index is 12.6. The van der Waals surface area contributed by atoms with Gasteiger partial charge in [0.25, 0.3) is 0 Å². The van der Waals surface area contributed by atoms with E-state index < -0.39 is 0 Å². The molecule has 1 fully saturated rings. The Morgan fingerprint density at radius 2 is 1.80 bits per heavy atom. The van der Waals surface area contributed by atoms with Crippen LogP contribution >= 0.6 is 0 Å². The molecule has 3 heteroatoms. The van der Waals surface area contributed by atoms with Crippen molar-refractivity contribution < 1.29 is 4.79 Å². The average molecular weight is 282 g/mol. The van der Waals surface area contributed by atoms with Gasteiger partial charge in [-0.25, -0.2) is 0 Å². The molecule has 3 unspecified atom stereocenters. The summed E-state index contributed by atoms with van der Waals surface area (Å²) in [7, 11) is 0. The molecule has 118 valence electrons. The van der Waals surface area contributed by atoms with Gasteiger partial charge in [0.2, 0.25) is 5.91 Å². The smallest absolute Gasteiger partial charge is 0.241 e. The van der Waals surface area contributed by atoms with Crippen LogP contribution < -0.4 is 5.32 Å². The van der Waals surface area contributed by atoms with Crippen LogP contribution in [0.1, 0.15) is 79.1 Å². The van der Waals surface area contributed by atoms with Crippen LogP contribution in [0.15, 0.2) is 0 Å². The number of hydrogen-bond donors (Lipinski definition) is 1. The first kappa shape index (κ1) is 17.5. The van der Waals surface area contributed by atoms with Crippen molar-refractivity contribution >= 4 is 5.91 Å². The van der Waals surface area contributed by atoms with E-state index in [2.05, 4.69) is 37.9 Å². The number of hydrogen-bond acceptors (Lipinski definition) is 2. The van der Waals surface area contributed by atoms with Gasteiger partial charge in [-0.2, -0.15) is 0 Å². The molecule has 0 bridgehead atoms. The van der Waals surface area contributed by atoms with Gasteiger partial charge in [0, 0.05) is 6.54 Å². The molecule has 0 spiro atoms. The molecule has 0 aromatic heterocycles. The lowest BCUT2D eigenvalue weighted by Gasteiger charge is -2.28. The number of carbonyl (C=O) groups excluding carboxylic acids is 1. The number of amides is 1. The summed E-state index contributed by atoms with van der Waals surface area (Å²) in [5, 5.41) is 3.55. The van der Waals surface area contributed by atoms with Crippen LogP contribution in [0.2, 0.25) is 0 Å². The van der Waals surface area contributed by atoms with E-state index in [4.69, 9.17) is 0 Å². The van der Waals surface area contributed by atoms with Crippen molar-refractivity contribution in [3.8, 4) is 0 Å². The fourth-order valence-corrected chi connectivity index (χ4v) is 3.17. The fourth-order valence-electron chi connectivity index (χ4n) is 3.17. The quantitative estimate of drug-likeness (QED) is 0.658. The van der Waals surface area contributed by atoms with E-state index >= 15 is 0 Å². The van der Waals surface area contributed by atoms with Crippen LogP contribution in [-0.4, -0.2) is 29.6 Å². The molecule has 1 heterocycles. The molecule has 1 aliphatic rings. The summed E-state index contributed by atoms with van der Waals surface area (Å²) < 4.78 is 0. The molecule has 0 aromatic rings. The van der Waals surface area contributed by atoms with E-state index in [9.17, 15) is 4.79 Å². The summed E-state index contributed by atoms with van der Waals surface area (Å²) in [5.41, 5.74) is 0. The van der Waals surface area contributed by atoms with E-state index in [1.165, 1.54) is 25.7 Å². The lowest BCUT2D eigenvalue weighted by atomic mass is 9.98. The minimum atomic E-state index is 0.0697. The van der Waals surface area contributed by atoms with Crippen LogP contribution in [0.3, 0.4) is 0 Å². The zero-order valence-electron chi connectivity index (χ0n) is 14.0. The second kappa shape index (κ2) is 9.38. The zero-order chi connectivity index (χ0) is 15.0. The van der Waals surface area contributed by atoms with Gasteiger partial charge >= 0.3 is 0 Å². The monoisotopic (exact) mass is 282 g/mol. The Hall–Kier alpha value is -0.570. The molecular weight excluding hydrogens is 248 g/mol. The minimum absolute atomic E-state index is 0.0697. The highest BCUT2D eigenvalue weighted by Gasteiger charge is 2.38. The van der Waals surface area contributed by atoms with Crippen molar-refractivity contribution in [2.24, 2.45) is 5.92 Å². The van der Waals surface area contributed by atoms with Gasteiger partial charge in [0.05, 0.1) is 12.2 Å². The average Bonchev–Trinajstić information content (AvgIpc) is 2.72. The molecule has 20 heavy (non-hydrogen) atoms. The first-order chi connectivity index (χ1) is 9.67. The maximum Gasteiger partial charge on any atom is 0.241 e. The topological polar surface area (TPSA) is 32.3 Å². The molecule has 3 nitrogen and oxygen atoms in total. The van der Waals surface area contributed by atoms with E-state index in [1.807, 2.05) is 0 Å². The molecule has 0 saturated carbocycles. The summed E-state index contributed by atoms with van der Waals surface area (Å²) in [5.74, 6) is 1.01. The van der Waals surface area contributed by atoms with Crippen LogP contribution in [0.5, 0.6) is 0 Å². The largest absolute Gasteiger partial charge is 0.326 e. The van der Waals surface area contributed by atoms with Gasteiger partial charge in [-0.3, -0.25) is 10.1 Å². The lowest BCUT2D eigenvalue weighted by molar-refractivity contribution is -0.130. The van der Waals surface area contributed by atoms with E-state index in [0.29, 0.717) is 11.8 Å². The first-order valence-electron chi connectivity index (χ1n) is 8.74. The lowest BCUT2D eigenvalue weighted by Crippen LogP contribution is -2.40. The summed E-state index contributed by atoms with van der Waals surface area (Å²) in [6, 6.07) is 0.0697. The van der Waals surface area contributed by atoms with Gasteiger partial charge < -0.3 is 4.90 Å². The Kier molecular flexibility index (Phi) is 8.20. The molecule has 0 radical (unpaired) electrons. The Morgan fingerprint density at radius 3 is 2.35 bits per heavy atom. The molecule has 0 aliphatic carbocycles. The Balaban J connectivity index is 2.64. The number of unbranched alkanes of at least 4 members (excludes halogenated alkanes) is 1. The number of carbonyl (C=O) groups is 1. The Bertz CT molecular complexity index is 280. The van der Waals surface area contributed by atoms with Gasteiger partial charge in [-0.05, 0) is 25.2 Å². The van der Waals surface area contributed by atoms with Gasteiger partial charge in [0.1, 0.15) is 0 Å². The molecule has 3 atom stereocenters. The molecule has 1 amide bonds. The van der Waals surface area contributed by atoms with Gasteiger partial charge in [0.15, 0.2) is 0 Å². The van der Waals surface area contributed by atoms with Crippen molar-refractivity contribution in [2.75, 3.05) is 6.54 Å². The summed E-state index contributed by atoms with van der Waals surface area (Å²) in [4.78, 5) is 14.7. The van der Waals surface area contributed by atoms with Crippen LogP contribution in [0, 0.1) is 5.92 Å². The third kappa shape index (κ3) is 4.76. The first-order valence-corrected chi connectivity index (χ1v) is 8.74. The molecule has 1 N–H and O–H groups in total. The molecular formula is C17H34N2O. The van der Waals surface area contributed by atoms with Gasteiger partial charge in [-0.15, -0.1) is 0 Å². The SMILES string of the molecule is CCCCC(CC)CN1C(=O)C(CCC)NC1CCC. The Morgan fingerprint density at radius 1 is 1.10 bits per heavy atom. The molecule has 1 rings (SSSR count). The van der Waals surface area contributed by atoms with E-state index in [1.54, 1.807) is 0 Å². The number of rotatable bonds is 10. The third-order valence-electron chi connectivity index (χ3n) is 4.49. The van der Waals surface area contributed by atoms with Crippen LogP contribution in [0.4, 0.5) is 0 Å². The predicted octanol–water partition coefficient (Wildman–Crippen LogP) is 3.93. The number of nitrogens with one attached hydrogen (secondary N) is 1. The van der Waals surface area contributed by atoms with Crippen LogP contribution in [-0.2, 0) is 4.79 Å². The van der Waals surface area contributed by atoms with Crippen molar-refractivity contribution in [2.45, 2.75) is 91.3 Å². The minimum Gasteiger partial charge on any atom is -0.326 e. The van der Waals surface area contributed by atoms with E-state index in [-0.39, 0.29) is 12.2 Å². The molecule has 0 aromatic carbocycles. The second-order valence-corrected chi connectivity index (χ2v) is 6.22. The van der Waals surface area contributed by atoms with Crippen molar-refractivity contribution in [3.63, 3.8) is 0 Å². The molecule has 1 aliphatic heterocycles. The summed E-state index contributed by atoms with van der Waals surface area (Å²) in [6.07, 6.45) is 9.51. The highest BCUT2D eigenvalue weighted by atomic mass is 16.2. The van der Waals surface area contributed by atoms with Gasteiger partial charge in [-0.1, -0.05) is 59.8 Å². The predicted molar refractivity (Wildman–Crippen MR) is 85.5 cm³/mol. The highest BCUT2D eigenvalue weighted by molar-refractivity contribution is 5.84. The maximum atomic E-state index is 12.6. The number of nitrogens with zero attached hydrogens (tertiary/aromatic N) is 1. The van der Waals surface area contributed by atoms with Crippen molar-refractivity contribution in [1.29, 1.82) is 0 Å². The highest BCUT2D eigenvalue weighted by Crippen LogP contribution is 2.22.